The molecule has 4 nitrogen and oxygen atoms in total. The normalized spacial score (nSPS) is 11.6. The van der Waals surface area contributed by atoms with E-state index in [4.69, 9.17) is 19.9 Å². The first-order valence-electron chi connectivity index (χ1n) is 16.5. The molecule has 10 aromatic rings. The van der Waals surface area contributed by atoms with Gasteiger partial charge in [-0.2, -0.15) is 0 Å². The Morgan fingerprint density at radius 1 is 0.360 bits per heavy atom. The Labute approximate surface area is 296 Å². The fraction of sp³-hybridized carbons (Fsp3) is 0. The van der Waals surface area contributed by atoms with Crippen LogP contribution in [-0.4, -0.2) is 19.9 Å². The molecule has 0 saturated heterocycles. The molecule has 50 heavy (non-hydrogen) atoms. The van der Waals surface area contributed by atoms with Crippen LogP contribution >= 0.6 is 22.7 Å². The molecule has 3 aromatic heterocycles. The first kappa shape index (κ1) is 28.9. The third-order valence-corrected chi connectivity index (χ3v) is 11.3. The number of benzene rings is 7. The van der Waals surface area contributed by atoms with Crippen molar-refractivity contribution in [2.45, 2.75) is 0 Å². The van der Waals surface area contributed by atoms with Gasteiger partial charge in [-0.15, -0.1) is 22.7 Å². The van der Waals surface area contributed by atoms with Gasteiger partial charge in [-0.1, -0.05) is 133 Å². The zero-order valence-corrected chi connectivity index (χ0v) is 28.2. The van der Waals surface area contributed by atoms with Gasteiger partial charge in [0.1, 0.15) is 5.01 Å². The summed E-state index contributed by atoms with van der Waals surface area (Å²) in [6.07, 6.45) is 0. The van der Waals surface area contributed by atoms with E-state index in [0.29, 0.717) is 17.5 Å². The number of hydrogen-bond acceptors (Lipinski definition) is 6. The third kappa shape index (κ3) is 4.96. The SMILES string of the molecule is c1ccc(-c2ccc3cc(-c4nc(-c5ccccc5)nc(-c5c6nc(-c7ccccc7)sc6cc6sc7ccccc7c56)n4)ccc3c2)cc1. The molecule has 3 heterocycles. The van der Waals surface area contributed by atoms with Crippen LogP contribution in [0.3, 0.4) is 0 Å². The second kappa shape index (κ2) is 11.8. The summed E-state index contributed by atoms with van der Waals surface area (Å²) in [5.41, 5.74) is 7.22. The van der Waals surface area contributed by atoms with Crippen LogP contribution < -0.4 is 0 Å². The minimum atomic E-state index is 0.623. The third-order valence-electron chi connectivity index (χ3n) is 9.14. The Morgan fingerprint density at radius 2 is 0.940 bits per heavy atom. The number of rotatable bonds is 5. The summed E-state index contributed by atoms with van der Waals surface area (Å²) in [6, 6.07) is 55.0. The van der Waals surface area contributed by atoms with E-state index in [-0.39, 0.29) is 0 Å². The van der Waals surface area contributed by atoms with Gasteiger partial charge in [0.05, 0.1) is 15.8 Å². The van der Waals surface area contributed by atoms with E-state index < -0.39 is 0 Å². The maximum Gasteiger partial charge on any atom is 0.167 e. The second-order valence-corrected chi connectivity index (χ2v) is 14.4. The summed E-state index contributed by atoms with van der Waals surface area (Å²) in [5.74, 6) is 1.89. The maximum atomic E-state index is 5.30. The van der Waals surface area contributed by atoms with Crippen molar-refractivity contribution in [3.63, 3.8) is 0 Å². The molecule has 0 saturated carbocycles. The van der Waals surface area contributed by atoms with Crippen LogP contribution in [0.5, 0.6) is 0 Å². The van der Waals surface area contributed by atoms with E-state index in [9.17, 15) is 0 Å². The molecular weight excluding hydrogens is 649 g/mol. The van der Waals surface area contributed by atoms with Crippen LogP contribution in [0.15, 0.2) is 158 Å². The van der Waals surface area contributed by atoms with Gasteiger partial charge in [0.2, 0.25) is 0 Å². The quantitative estimate of drug-likeness (QED) is 0.182. The summed E-state index contributed by atoms with van der Waals surface area (Å²) >= 11 is 3.51. The van der Waals surface area contributed by atoms with E-state index in [1.807, 2.05) is 30.3 Å². The molecule has 10 rings (SSSR count). The zero-order valence-electron chi connectivity index (χ0n) is 26.6. The number of nitrogens with zero attached hydrogens (tertiary/aromatic N) is 4. The van der Waals surface area contributed by atoms with Crippen LogP contribution in [0.2, 0.25) is 0 Å². The minimum Gasteiger partial charge on any atom is -0.235 e. The molecule has 0 aliphatic carbocycles. The predicted molar refractivity (Wildman–Crippen MR) is 211 cm³/mol. The van der Waals surface area contributed by atoms with Crippen molar-refractivity contribution >= 4 is 63.8 Å². The number of aromatic nitrogens is 4. The first-order chi connectivity index (χ1) is 24.7. The summed E-state index contributed by atoms with van der Waals surface area (Å²) in [5, 5.41) is 5.59. The van der Waals surface area contributed by atoms with Gasteiger partial charge >= 0.3 is 0 Å². The highest BCUT2D eigenvalue weighted by molar-refractivity contribution is 7.27. The monoisotopic (exact) mass is 674 g/mol. The highest BCUT2D eigenvalue weighted by Gasteiger charge is 2.23. The molecule has 0 radical (unpaired) electrons. The van der Waals surface area contributed by atoms with Gasteiger partial charge in [0.15, 0.2) is 17.5 Å². The molecule has 0 aliphatic heterocycles. The standard InChI is InChI=1S/C44H26N4S2/c1-4-12-27(13-5-1)30-20-21-32-25-33(23-22-31(32)24-30)42-46-41(28-14-6-2-7-15-28)47-43(48-42)39-38-34-18-10-11-19-35(34)49-36(38)26-37-40(39)45-44(50-37)29-16-8-3-9-17-29/h1-26H. The van der Waals surface area contributed by atoms with Crippen LogP contribution in [0.4, 0.5) is 0 Å². The number of hydrogen-bond donors (Lipinski definition) is 0. The summed E-state index contributed by atoms with van der Waals surface area (Å²) in [4.78, 5) is 20.9. The Hall–Kier alpha value is -6.08. The van der Waals surface area contributed by atoms with Gasteiger partial charge in [0, 0.05) is 36.9 Å². The number of thiophene rings is 1. The minimum absolute atomic E-state index is 0.623. The molecule has 0 fully saturated rings. The van der Waals surface area contributed by atoms with Crippen molar-refractivity contribution in [2.24, 2.45) is 0 Å². The smallest absolute Gasteiger partial charge is 0.167 e. The fourth-order valence-corrected chi connectivity index (χ4v) is 8.97. The van der Waals surface area contributed by atoms with Crippen molar-refractivity contribution in [3.8, 4) is 55.9 Å². The van der Waals surface area contributed by atoms with E-state index in [0.717, 1.165) is 48.3 Å². The van der Waals surface area contributed by atoms with Gasteiger partial charge < -0.3 is 0 Å². The highest BCUT2D eigenvalue weighted by atomic mass is 32.1. The summed E-state index contributed by atoms with van der Waals surface area (Å²) < 4.78 is 3.54. The number of thiazole rings is 1. The molecule has 0 aliphatic rings. The van der Waals surface area contributed by atoms with E-state index in [1.54, 1.807) is 22.7 Å². The van der Waals surface area contributed by atoms with Crippen molar-refractivity contribution in [1.82, 2.24) is 19.9 Å². The Morgan fingerprint density at radius 3 is 1.68 bits per heavy atom. The number of fused-ring (bicyclic) bond motifs is 5. The average molecular weight is 675 g/mol. The van der Waals surface area contributed by atoms with E-state index >= 15 is 0 Å². The Kier molecular flexibility index (Phi) is 6.82. The van der Waals surface area contributed by atoms with E-state index in [1.165, 1.54) is 31.3 Å². The molecule has 7 aromatic carbocycles. The first-order valence-corrected chi connectivity index (χ1v) is 18.1. The predicted octanol–water partition coefficient (Wildman–Crippen LogP) is 12.3. The van der Waals surface area contributed by atoms with Crippen molar-refractivity contribution < 1.29 is 0 Å². The topological polar surface area (TPSA) is 51.6 Å². The van der Waals surface area contributed by atoms with Gasteiger partial charge in [-0.25, -0.2) is 19.9 Å². The molecule has 6 heteroatoms. The fourth-order valence-electron chi connectivity index (χ4n) is 6.72. The lowest BCUT2D eigenvalue weighted by atomic mass is 10.00. The van der Waals surface area contributed by atoms with Crippen molar-refractivity contribution in [3.05, 3.63) is 158 Å². The second-order valence-electron chi connectivity index (χ2n) is 12.3. The lowest BCUT2D eigenvalue weighted by Crippen LogP contribution is -2.01. The molecule has 0 amide bonds. The Balaban J connectivity index is 1.22. The molecule has 0 atom stereocenters. The molecule has 0 bridgehead atoms. The highest BCUT2D eigenvalue weighted by Crippen LogP contribution is 2.46. The molecule has 0 unspecified atom stereocenters. The summed E-state index contributed by atoms with van der Waals surface area (Å²) in [7, 11) is 0. The largest absolute Gasteiger partial charge is 0.235 e. The van der Waals surface area contributed by atoms with Crippen LogP contribution in [0.25, 0.3) is 97.0 Å². The van der Waals surface area contributed by atoms with Crippen LogP contribution in [0.1, 0.15) is 0 Å². The van der Waals surface area contributed by atoms with Gasteiger partial charge in [0.25, 0.3) is 0 Å². The van der Waals surface area contributed by atoms with Gasteiger partial charge in [-0.05, 0) is 46.2 Å². The van der Waals surface area contributed by atoms with Crippen molar-refractivity contribution in [2.75, 3.05) is 0 Å². The lowest BCUT2D eigenvalue weighted by Gasteiger charge is -2.11. The summed E-state index contributed by atoms with van der Waals surface area (Å²) in [6.45, 7) is 0. The zero-order chi connectivity index (χ0) is 33.0. The Bertz CT molecular complexity index is 2860. The lowest BCUT2D eigenvalue weighted by molar-refractivity contribution is 1.08. The molecular formula is C44H26N4S2. The van der Waals surface area contributed by atoms with Crippen LogP contribution in [-0.2, 0) is 0 Å². The molecule has 234 valence electrons. The average Bonchev–Trinajstić information content (AvgIpc) is 3.79. The molecule has 0 spiro atoms. The van der Waals surface area contributed by atoms with E-state index in [2.05, 4.69) is 127 Å². The van der Waals surface area contributed by atoms with Crippen LogP contribution in [0, 0.1) is 0 Å². The van der Waals surface area contributed by atoms with Crippen molar-refractivity contribution in [1.29, 1.82) is 0 Å². The maximum absolute atomic E-state index is 5.30. The molecule has 0 N–H and O–H groups in total. The van der Waals surface area contributed by atoms with Gasteiger partial charge in [-0.3, -0.25) is 0 Å².